The van der Waals surface area contributed by atoms with Crippen LogP contribution in [0.15, 0.2) is 29.7 Å². The highest BCUT2D eigenvalue weighted by molar-refractivity contribution is 7.48. The van der Waals surface area contributed by atoms with Crippen LogP contribution < -0.4 is 11.5 Å². The number of nitrogens with two attached hydrogens (primary N) is 2. The summed E-state index contributed by atoms with van der Waals surface area (Å²) < 4.78 is 55.3. The van der Waals surface area contributed by atoms with Gasteiger partial charge in [0, 0.05) is 24.6 Å². The molecule has 1 saturated heterocycles. The fourth-order valence-corrected chi connectivity index (χ4v) is 4.48. The third-order valence-corrected chi connectivity index (χ3v) is 7.31. The van der Waals surface area contributed by atoms with Crippen LogP contribution >= 0.6 is 7.82 Å². The summed E-state index contributed by atoms with van der Waals surface area (Å²) in [6, 6.07) is 0. The summed E-state index contributed by atoms with van der Waals surface area (Å²) in [6.07, 6.45) is -2.59. The average molecular weight is 579 g/mol. The third kappa shape index (κ3) is 8.40. The predicted molar refractivity (Wildman–Crippen MR) is 139 cm³/mol. The third-order valence-electron chi connectivity index (χ3n) is 5.95. The van der Waals surface area contributed by atoms with Crippen LogP contribution in [0.2, 0.25) is 0 Å². The van der Waals surface area contributed by atoms with E-state index < -0.39 is 68.7 Å². The van der Waals surface area contributed by atoms with Crippen molar-refractivity contribution in [3.8, 4) is 0 Å². The molecule has 2 unspecified atom stereocenters. The molecule has 15 heteroatoms. The number of nitrogens with zero attached hydrogens (tertiary/aromatic N) is 2. The Morgan fingerprint density at radius 2 is 1.87 bits per heavy atom. The molecule has 0 radical (unpaired) electrons. The van der Waals surface area contributed by atoms with E-state index in [2.05, 4.69) is 11.6 Å². The average Bonchev–Trinajstić information content (AvgIpc) is 3.07. The van der Waals surface area contributed by atoms with Crippen molar-refractivity contribution in [2.45, 2.75) is 72.1 Å². The number of aliphatic hydroxyl groups excluding tert-OH is 1. The highest BCUT2D eigenvalue weighted by Gasteiger charge is 2.57. The maximum atomic E-state index is 15.2. The van der Waals surface area contributed by atoms with Crippen molar-refractivity contribution in [3.05, 3.63) is 24.7 Å². The topological polar surface area (TPSA) is 185 Å². The first-order valence-electron chi connectivity index (χ1n) is 12.3. The molecule has 2 aliphatic rings. The Morgan fingerprint density at radius 1 is 1.23 bits per heavy atom. The van der Waals surface area contributed by atoms with E-state index >= 15 is 4.39 Å². The van der Waals surface area contributed by atoms with Gasteiger partial charge in [0.15, 0.2) is 12.4 Å². The molecule has 1 fully saturated rings. The van der Waals surface area contributed by atoms with E-state index in [1.807, 2.05) is 0 Å². The molecule has 2 rings (SSSR count). The van der Waals surface area contributed by atoms with Crippen molar-refractivity contribution in [2.24, 2.45) is 27.3 Å². The maximum absolute atomic E-state index is 15.2. The van der Waals surface area contributed by atoms with Crippen molar-refractivity contribution >= 4 is 25.4 Å². The molecule has 0 aromatic heterocycles. The van der Waals surface area contributed by atoms with Gasteiger partial charge in [-0.3, -0.25) is 18.6 Å². The van der Waals surface area contributed by atoms with Crippen molar-refractivity contribution in [2.75, 3.05) is 26.6 Å². The van der Waals surface area contributed by atoms with E-state index in [4.69, 9.17) is 34.5 Å². The second kappa shape index (κ2) is 12.5. The zero-order valence-electron chi connectivity index (χ0n) is 23.2. The molecule has 0 aliphatic carbocycles. The molecule has 2 aliphatic heterocycles. The van der Waals surface area contributed by atoms with E-state index in [1.54, 1.807) is 41.5 Å². The summed E-state index contributed by atoms with van der Waals surface area (Å²) in [6.45, 7) is 11.3. The Labute approximate surface area is 227 Å². The van der Waals surface area contributed by atoms with Crippen LogP contribution in [0.25, 0.3) is 0 Å². The first-order chi connectivity index (χ1) is 17.8. The number of rotatable bonds is 12. The van der Waals surface area contributed by atoms with Crippen LogP contribution in [0.4, 0.5) is 4.39 Å². The number of aliphatic imine (C=N–C) groups is 1. The number of halogens is 1. The van der Waals surface area contributed by atoms with Crippen molar-refractivity contribution in [1.29, 1.82) is 0 Å². The van der Waals surface area contributed by atoms with Crippen LogP contribution in [0.1, 0.15) is 48.0 Å². The number of aliphatic hydroxyl groups is 1. The van der Waals surface area contributed by atoms with Crippen LogP contribution in [0.5, 0.6) is 0 Å². The van der Waals surface area contributed by atoms with Crippen LogP contribution in [0.3, 0.4) is 0 Å². The molecular weight excluding hydrogens is 538 g/mol. The lowest BCUT2D eigenvalue weighted by Crippen LogP contribution is -2.51. The number of phosphoric acid groups is 1. The number of alkyl halides is 1. The number of carbonyl (C=O) groups excluding carboxylic acids is 2. The minimum Gasteiger partial charge on any atom is -0.437 e. The van der Waals surface area contributed by atoms with Gasteiger partial charge in [-0.1, -0.05) is 27.4 Å². The van der Waals surface area contributed by atoms with Crippen LogP contribution in [-0.2, 0) is 37.2 Å². The zero-order valence-corrected chi connectivity index (χ0v) is 24.1. The van der Waals surface area contributed by atoms with Crippen molar-refractivity contribution in [1.82, 2.24) is 4.90 Å². The fourth-order valence-electron chi connectivity index (χ4n) is 3.38. The number of carbonyl (C=O) groups is 2. The van der Waals surface area contributed by atoms with Gasteiger partial charge in [-0.15, -0.1) is 0 Å². The molecule has 5 atom stereocenters. The Hall–Kier alpha value is -2.19. The minimum atomic E-state index is -4.55. The maximum Gasteiger partial charge on any atom is 0.477 e. The van der Waals surface area contributed by atoms with Gasteiger partial charge in [0.2, 0.25) is 6.79 Å². The number of esters is 1. The summed E-state index contributed by atoms with van der Waals surface area (Å²) in [5, 5.41) is 10.7. The summed E-state index contributed by atoms with van der Waals surface area (Å²) in [5.74, 6) is -0.621. The predicted octanol–water partition coefficient (Wildman–Crippen LogP) is 2.11. The van der Waals surface area contributed by atoms with Crippen molar-refractivity contribution in [3.63, 3.8) is 0 Å². The quantitative estimate of drug-likeness (QED) is 0.174. The second-order valence-corrected chi connectivity index (χ2v) is 12.9. The standard InChI is InChI=1S/C24H40FN4O9P/c1-15-28-17(27)8-10-29(15)20-18(25)19(31)24(12-26,38-20)13-36-39(33,35-11-9-16(30)22(2,3)4)37-14-34-21(32)23(5,6)7/h8,10,18-20,31H,1,9,11-14,26H2,2-7H3,(H2,27,28)/t18-,19+,20?,24-,39?/m1/s1. The number of ketones is 1. The Morgan fingerprint density at radius 3 is 2.41 bits per heavy atom. The van der Waals surface area contributed by atoms with Crippen LogP contribution in [0, 0.1) is 10.8 Å². The first kappa shape index (κ1) is 33.0. The lowest BCUT2D eigenvalue weighted by atomic mass is 9.89. The van der Waals surface area contributed by atoms with Gasteiger partial charge in [-0.05, 0) is 26.8 Å². The molecular formula is C24H40FN4O9P. The van der Waals surface area contributed by atoms with E-state index in [9.17, 15) is 19.3 Å². The molecule has 0 spiro atoms. The molecule has 39 heavy (non-hydrogen) atoms. The van der Waals surface area contributed by atoms with Gasteiger partial charge in [-0.2, -0.15) is 0 Å². The normalized spacial score (nSPS) is 27.3. The molecule has 0 aromatic carbocycles. The molecule has 222 valence electrons. The molecule has 0 saturated carbocycles. The highest BCUT2D eigenvalue weighted by Crippen LogP contribution is 2.51. The monoisotopic (exact) mass is 578 g/mol. The summed E-state index contributed by atoms with van der Waals surface area (Å²) in [7, 11) is -4.55. The van der Waals surface area contributed by atoms with Gasteiger partial charge >= 0.3 is 13.8 Å². The molecule has 2 heterocycles. The fraction of sp³-hybridized carbons (Fsp3) is 0.708. The minimum absolute atomic E-state index is 0.0603. The van der Waals surface area contributed by atoms with E-state index in [1.165, 1.54) is 17.2 Å². The van der Waals surface area contributed by atoms with Crippen molar-refractivity contribution < 1.29 is 46.7 Å². The smallest absolute Gasteiger partial charge is 0.437 e. The number of ether oxygens (including phenoxy) is 2. The molecule has 0 amide bonds. The van der Waals surface area contributed by atoms with Gasteiger partial charge in [0.1, 0.15) is 29.1 Å². The molecule has 0 bridgehead atoms. The SMILES string of the molecule is C=C1N=C(N)C=CN1C1O[C@](CN)(COP(=O)(OCCC(=O)C(C)(C)C)OCOC(=O)C(C)(C)C)[C@@H](O)[C@H]1F. The Bertz CT molecular complexity index is 1000. The number of hydrogen-bond acceptors (Lipinski definition) is 13. The van der Waals surface area contributed by atoms with Crippen LogP contribution in [-0.4, -0.2) is 78.3 Å². The summed E-state index contributed by atoms with van der Waals surface area (Å²) in [4.78, 5) is 29.5. The summed E-state index contributed by atoms with van der Waals surface area (Å²) in [5.41, 5.74) is 8.05. The van der Waals surface area contributed by atoms with E-state index in [0.717, 1.165) is 0 Å². The molecule has 0 aromatic rings. The lowest BCUT2D eigenvalue weighted by Gasteiger charge is -2.33. The zero-order chi connectivity index (χ0) is 29.8. The van der Waals surface area contributed by atoms with Gasteiger partial charge in [0.05, 0.1) is 18.6 Å². The van der Waals surface area contributed by atoms with Gasteiger partial charge < -0.3 is 30.9 Å². The number of phosphoric ester groups is 1. The Kier molecular flexibility index (Phi) is 10.6. The molecule has 5 N–H and O–H groups in total. The highest BCUT2D eigenvalue weighted by atomic mass is 31.2. The first-order valence-corrected chi connectivity index (χ1v) is 13.7. The largest absolute Gasteiger partial charge is 0.477 e. The van der Waals surface area contributed by atoms with E-state index in [-0.39, 0.29) is 30.5 Å². The number of Topliss-reactive ketones (excluding diaryl/α,β-unsaturated/α-hetero) is 1. The second-order valence-electron chi connectivity index (χ2n) is 11.2. The number of hydrogen-bond donors (Lipinski definition) is 3. The lowest BCUT2D eigenvalue weighted by molar-refractivity contribution is -0.161. The van der Waals surface area contributed by atoms with Gasteiger partial charge in [-0.25, -0.2) is 18.5 Å². The van der Waals surface area contributed by atoms with Gasteiger partial charge in [0.25, 0.3) is 0 Å². The Balaban J connectivity index is 2.17. The molecule has 13 nitrogen and oxygen atoms in total. The van der Waals surface area contributed by atoms with E-state index in [0.29, 0.717) is 0 Å². The summed E-state index contributed by atoms with van der Waals surface area (Å²) >= 11 is 0. The number of amidine groups is 1.